The van der Waals surface area contributed by atoms with Gasteiger partial charge in [0.2, 0.25) is 0 Å². The predicted molar refractivity (Wildman–Crippen MR) is 71.2 cm³/mol. The second-order valence-electron chi connectivity index (χ2n) is 6.11. The molecule has 1 aromatic carbocycles. The van der Waals surface area contributed by atoms with Gasteiger partial charge < -0.3 is 10.5 Å². The van der Waals surface area contributed by atoms with Gasteiger partial charge in [-0.3, -0.25) is 4.79 Å². The minimum absolute atomic E-state index is 0.172. The summed E-state index contributed by atoms with van der Waals surface area (Å²) in [4.78, 5) is 12.4. The fourth-order valence-corrected chi connectivity index (χ4v) is 2.45. The van der Waals surface area contributed by atoms with Gasteiger partial charge in [-0.25, -0.2) is 0 Å². The molecule has 1 aliphatic carbocycles. The van der Waals surface area contributed by atoms with E-state index in [-0.39, 0.29) is 5.97 Å². The van der Waals surface area contributed by atoms with Crippen molar-refractivity contribution in [3.8, 4) is 0 Å². The molecule has 0 saturated carbocycles. The Hall–Kier alpha value is -1.35. The first-order valence-corrected chi connectivity index (χ1v) is 6.37. The van der Waals surface area contributed by atoms with Crippen molar-refractivity contribution in [1.82, 2.24) is 0 Å². The molecule has 0 aliphatic heterocycles. The van der Waals surface area contributed by atoms with E-state index in [0.717, 1.165) is 0 Å². The molecule has 1 aromatic rings. The molecule has 0 heterocycles. The van der Waals surface area contributed by atoms with Gasteiger partial charge in [0.25, 0.3) is 0 Å². The molecule has 18 heavy (non-hydrogen) atoms. The highest BCUT2D eigenvalue weighted by molar-refractivity contribution is 5.79. The van der Waals surface area contributed by atoms with Crippen LogP contribution in [0.5, 0.6) is 0 Å². The van der Waals surface area contributed by atoms with Crippen molar-refractivity contribution in [1.29, 1.82) is 0 Å². The largest absolute Gasteiger partial charge is 0.459 e. The lowest BCUT2D eigenvalue weighted by molar-refractivity contribution is -0.166. The van der Waals surface area contributed by atoms with Crippen LogP contribution < -0.4 is 5.73 Å². The van der Waals surface area contributed by atoms with E-state index in [4.69, 9.17) is 10.5 Å². The lowest BCUT2D eigenvalue weighted by Gasteiger charge is -2.30. The normalized spacial score (nSPS) is 17.3. The average Bonchev–Trinajstić information content (AvgIpc) is 2.66. The van der Waals surface area contributed by atoms with Crippen molar-refractivity contribution in [3.63, 3.8) is 0 Å². The lowest BCUT2D eigenvalue weighted by Crippen LogP contribution is -2.43. The van der Waals surface area contributed by atoms with E-state index in [1.807, 2.05) is 32.9 Å². The van der Waals surface area contributed by atoms with Gasteiger partial charge in [0.15, 0.2) is 0 Å². The maximum absolute atomic E-state index is 12.4. The van der Waals surface area contributed by atoms with Gasteiger partial charge in [0.1, 0.15) is 5.60 Å². The molecule has 0 fully saturated rings. The van der Waals surface area contributed by atoms with E-state index in [2.05, 4.69) is 12.1 Å². The summed E-state index contributed by atoms with van der Waals surface area (Å²) in [5.41, 5.74) is 7.26. The smallest absolute Gasteiger partial charge is 0.314 e. The minimum Gasteiger partial charge on any atom is -0.459 e. The van der Waals surface area contributed by atoms with Crippen molar-refractivity contribution in [2.75, 3.05) is 6.54 Å². The topological polar surface area (TPSA) is 52.3 Å². The zero-order chi connectivity index (χ0) is 13.4. The Morgan fingerprint density at radius 1 is 1.28 bits per heavy atom. The highest BCUT2D eigenvalue weighted by Crippen LogP contribution is 2.38. The van der Waals surface area contributed by atoms with Crippen molar-refractivity contribution in [2.24, 2.45) is 11.1 Å². The first kappa shape index (κ1) is 13.1. The summed E-state index contributed by atoms with van der Waals surface area (Å²) in [7, 11) is 0. The van der Waals surface area contributed by atoms with Gasteiger partial charge in [-0.05, 0) is 44.7 Å². The molecule has 2 N–H and O–H groups in total. The number of ether oxygens (including phenoxy) is 1. The monoisotopic (exact) mass is 247 g/mol. The standard InChI is InChI=1S/C15H21NO2/c1-14(2,3)18-13(17)15(10-16)8-11-6-4-5-7-12(11)9-15/h4-7H,8-10,16H2,1-3H3. The highest BCUT2D eigenvalue weighted by Gasteiger charge is 2.45. The molecule has 0 aromatic heterocycles. The fraction of sp³-hybridized carbons (Fsp3) is 0.533. The molecule has 2 rings (SSSR count). The second-order valence-corrected chi connectivity index (χ2v) is 6.11. The number of hydrogen-bond donors (Lipinski definition) is 1. The number of esters is 1. The Labute approximate surface area is 108 Å². The zero-order valence-electron chi connectivity index (χ0n) is 11.3. The molecule has 0 radical (unpaired) electrons. The summed E-state index contributed by atoms with van der Waals surface area (Å²) in [6.45, 7) is 5.99. The van der Waals surface area contributed by atoms with Gasteiger partial charge in [0.05, 0.1) is 5.41 Å². The summed E-state index contributed by atoms with van der Waals surface area (Å²) in [5.74, 6) is -0.172. The summed E-state index contributed by atoms with van der Waals surface area (Å²) in [6.07, 6.45) is 1.38. The number of carbonyl (C=O) groups is 1. The van der Waals surface area contributed by atoms with Crippen molar-refractivity contribution >= 4 is 5.97 Å². The molecule has 98 valence electrons. The first-order valence-electron chi connectivity index (χ1n) is 6.37. The van der Waals surface area contributed by atoms with Gasteiger partial charge >= 0.3 is 5.97 Å². The number of hydrogen-bond acceptors (Lipinski definition) is 3. The number of fused-ring (bicyclic) bond motifs is 1. The molecular formula is C15H21NO2. The van der Waals surface area contributed by atoms with Gasteiger partial charge in [0, 0.05) is 6.54 Å². The molecule has 0 unspecified atom stereocenters. The van der Waals surface area contributed by atoms with Crippen LogP contribution in [0, 0.1) is 5.41 Å². The maximum Gasteiger partial charge on any atom is 0.314 e. The summed E-state index contributed by atoms with van der Waals surface area (Å²) in [6, 6.07) is 8.13. The van der Waals surface area contributed by atoms with E-state index >= 15 is 0 Å². The number of rotatable bonds is 2. The zero-order valence-corrected chi connectivity index (χ0v) is 11.3. The molecule has 0 amide bonds. The molecule has 0 spiro atoms. The SMILES string of the molecule is CC(C)(C)OC(=O)C1(CN)Cc2ccccc2C1. The maximum atomic E-state index is 12.4. The number of nitrogens with two attached hydrogens (primary N) is 1. The predicted octanol–water partition coefficient (Wildman–Crippen LogP) is 2.07. The highest BCUT2D eigenvalue weighted by atomic mass is 16.6. The van der Waals surface area contributed by atoms with E-state index in [1.54, 1.807) is 0 Å². The van der Waals surface area contributed by atoms with Gasteiger partial charge in [-0.1, -0.05) is 24.3 Å². The Balaban J connectivity index is 2.23. The van der Waals surface area contributed by atoms with Crippen LogP contribution in [0.2, 0.25) is 0 Å². The van der Waals surface area contributed by atoms with Crippen molar-refractivity contribution in [2.45, 2.75) is 39.2 Å². The molecule has 0 atom stereocenters. The summed E-state index contributed by atoms with van der Waals surface area (Å²) in [5, 5.41) is 0. The third kappa shape index (κ3) is 2.41. The average molecular weight is 247 g/mol. The van der Waals surface area contributed by atoms with Crippen LogP contribution in [0.1, 0.15) is 31.9 Å². The Kier molecular flexibility index (Phi) is 3.20. The molecule has 3 nitrogen and oxygen atoms in total. The number of carbonyl (C=O) groups excluding carboxylic acids is 1. The van der Waals surface area contributed by atoms with E-state index < -0.39 is 11.0 Å². The molecular weight excluding hydrogens is 226 g/mol. The molecule has 3 heteroatoms. The molecule has 1 aliphatic rings. The van der Waals surface area contributed by atoms with Crippen molar-refractivity contribution in [3.05, 3.63) is 35.4 Å². The van der Waals surface area contributed by atoms with Gasteiger partial charge in [-0.15, -0.1) is 0 Å². The van der Waals surface area contributed by atoms with E-state index in [9.17, 15) is 4.79 Å². The quantitative estimate of drug-likeness (QED) is 0.814. The van der Waals surface area contributed by atoms with E-state index in [1.165, 1.54) is 11.1 Å². The van der Waals surface area contributed by atoms with Crippen LogP contribution in [-0.4, -0.2) is 18.1 Å². The van der Waals surface area contributed by atoms with E-state index in [0.29, 0.717) is 19.4 Å². The Bertz CT molecular complexity index is 435. The minimum atomic E-state index is -0.572. The Morgan fingerprint density at radius 3 is 2.17 bits per heavy atom. The van der Waals surface area contributed by atoms with Gasteiger partial charge in [-0.2, -0.15) is 0 Å². The van der Waals surface area contributed by atoms with Crippen LogP contribution in [0.3, 0.4) is 0 Å². The van der Waals surface area contributed by atoms with Crippen molar-refractivity contribution < 1.29 is 9.53 Å². The molecule has 0 saturated heterocycles. The Morgan fingerprint density at radius 2 is 1.78 bits per heavy atom. The fourth-order valence-electron chi connectivity index (χ4n) is 2.45. The first-order chi connectivity index (χ1) is 8.36. The number of benzene rings is 1. The second kappa shape index (κ2) is 4.39. The van der Waals surface area contributed by atoms with Crippen LogP contribution >= 0.6 is 0 Å². The summed E-state index contributed by atoms with van der Waals surface area (Å²) < 4.78 is 5.53. The van der Waals surface area contributed by atoms with Crippen LogP contribution in [0.4, 0.5) is 0 Å². The third-order valence-electron chi connectivity index (χ3n) is 3.40. The van der Waals surface area contributed by atoms with Crippen LogP contribution in [-0.2, 0) is 22.4 Å². The lowest BCUT2D eigenvalue weighted by atomic mass is 9.84. The van der Waals surface area contributed by atoms with Crippen LogP contribution in [0.15, 0.2) is 24.3 Å². The van der Waals surface area contributed by atoms with Crippen LogP contribution in [0.25, 0.3) is 0 Å². The third-order valence-corrected chi connectivity index (χ3v) is 3.40. The molecule has 0 bridgehead atoms. The summed E-state index contributed by atoms with van der Waals surface area (Å²) >= 11 is 0.